The van der Waals surface area contributed by atoms with Gasteiger partial charge in [-0.05, 0) is 28.5 Å². The average Bonchev–Trinajstić information content (AvgIpc) is 2.61. The quantitative estimate of drug-likeness (QED) is 0.589. The highest BCUT2D eigenvalue weighted by Gasteiger charge is 2.12. The molecule has 63 valence electrons. The van der Waals surface area contributed by atoms with E-state index in [4.69, 9.17) is 4.74 Å². The van der Waals surface area contributed by atoms with Crippen LogP contribution in [0.1, 0.15) is 5.56 Å². The van der Waals surface area contributed by atoms with Gasteiger partial charge in [0.1, 0.15) is 12.4 Å². The summed E-state index contributed by atoms with van der Waals surface area (Å²) in [5.41, 5.74) is 1.29. The molecule has 1 aliphatic heterocycles. The number of benzene rings is 2. The Morgan fingerprint density at radius 1 is 1.00 bits per heavy atom. The standard InChI is InChI=1S/C12H9O/c1-2-4-10-8-12-11(5-6-13-12)7-9(10)3-1/h1-4,6-8H,5H2. The lowest BCUT2D eigenvalue weighted by molar-refractivity contribution is 0.435. The maximum Gasteiger partial charge on any atom is 0.140 e. The van der Waals surface area contributed by atoms with Crippen LogP contribution in [0.3, 0.4) is 0 Å². The Balaban J connectivity index is 2.36. The van der Waals surface area contributed by atoms with E-state index in [-0.39, 0.29) is 0 Å². The van der Waals surface area contributed by atoms with Gasteiger partial charge in [-0.3, -0.25) is 0 Å². The fraction of sp³-hybridized carbons (Fsp3) is 0.0833. The topological polar surface area (TPSA) is 9.23 Å². The molecule has 0 N–H and O–H groups in total. The molecule has 1 radical (unpaired) electrons. The van der Waals surface area contributed by atoms with Crippen LogP contribution in [0.2, 0.25) is 0 Å². The van der Waals surface area contributed by atoms with Gasteiger partial charge < -0.3 is 4.74 Å². The zero-order chi connectivity index (χ0) is 8.67. The summed E-state index contributed by atoms with van der Waals surface area (Å²) >= 11 is 0. The van der Waals surface area contributed by atoms with Crippen molar-refractivity contribution < 1.29 is 4.74 Å². The smallest absolute Gasteiger partial charge is 0.140 e. The molecule has 0 saturated carbocycles. The van der Waals surface area contributed by atoms with Crippen molar-refractivity contribution in [1.82, 2.24) is 0 Å². The van der Waals surface area contributed by atoms with Crippen molar-refractivity contribution in [3.8, 4) is 5.75 Å². The zero-order valence-corrected chi connectivity index (χ0v) is 7.16. The molecule has 0 aromatic heterocycles. The highest BCUT2D eigenvalue weighted by Crippen LogP contribution is 2.31. The zero-order valence-electron chi connectivity index (χ0n) is 7.16. The van der Waals surface area contributed by atoms with Gasteiger partial charge in [0.25, 0.3) is 0 Å². The molecule has 0 atom stereocenters. The molecule has 0 unspecified atom stereocenters. The van der Waals surface area contributed by atoms with Crippen LogP contribution < -0.4 is 4.74 Å². The number of hydrogen-bond donors (Lipinski definition) is 0. The van der Waals surface area contributed by atoms with Gasteiger partial charge >= 0.3 is 0 Å². The number of ether oxygens (including phenoxy) is 1. The first-order chi connectivity index (χ1) is 6.43. The van der Waals surface area contributed by atoms with Crippen LogP contribution in [-0.4, -0.2) is 0 Å². The second-order valence-electron chi connectivity index (χ2n) is 3.30. The predicted molar refractivity (Wildman–Crippen MR) is 52.6 cm³/mol. The van der Waals surface area contributed by atoms with Gasteiger partial charge in [-0.2, -0.15) is 0 Å². The molecule has 2 aromatic rings. The number of rotatable bonds is 0. The summed E-state index contributed by atoms with van der Waals surface area (Å²) in [6, 6.07) is 12.7. The van der Waals surface area contributed by atoms with Crippen molar-refractivity contribution in [2.75, 3.05) is 0 Å². The van der Waals surface area contributed by atoms with Crippen molar-refractivity contribution in [3.63, 3.8) is 0 Å². The molecule has 1 nitrogen and oxygen atoms in total. The lowest BCUT2D eigenvalue weighted by Gasteiger charge is -2.01. The summed E-state index contributed by atoms with van der Waals surface area (Å²) in [5.74, 6) is 1.01. The third kappa shape index (κ3) is 1.00. The fourth-order valence-corrected chi connectivity index (χ4v) is 1.76. The lowest BCUT2D eigenvalue weighted by atomic mass is 10.1. The van der Waals surface area contributed by atoms with Crippen LogP contribution in [0.15, 0.2) is 36.4 Å². The summed E-state index contributed by atoms with van der Waals surface area (Å²) in [6.07, 6.45) is 0.931. The minimum absolute atomic E-state index is 0.931. The van der Waals surface area contributed by atoms with Gasteiger partial charge in [0.2, 0.25) is 0 Å². The molecule has 13 heavy (non-hydrogen) atoms. The maximum absolute atomic E-state index is 5.38. The fourth-order valence-electron chi connectivity index (χ4n) is 1.76. The minimum Gasteiger partial charge on any atom is -0.486 e. The summed E-state index contributed by atoms with van der Waals surface area (Å²) in [7, 11) is 0. The summed E-state index contributed by atoms with van der Waals surface area (Å²) in [4.78, 5) is 0. The summed E-state index contributed by atoms with van der Waals surface area (Å²) in [6.45, 7) is 1.85. The molecule has 1 heterocycles. The Kier molecular flexibility index (Phi) is 1.33. The molecule has 0 spiro atoms. The first-order valence-corrected chi connectivity index (χ1v) is 4.43. The highest BCUT2D eigenvalue weighted by atomic mass is 16.5. The van der Waals surface area contributed by atoms with E-state index in [0.717, 1.165) is 12.2 Å². The molecule has 0 aliphatic carbocycles. The second-order valence-corrected chi connectivity index (χ2v) is 3.30. The molecule has 0 fully saturated rings. The number of hydrogen-bond acceptors (Lipinski definition) is 1. The van der Waals surface area contributed by atoms with Gasteiger partial charge in [0, 0.05) is 6.42 Å². The third-order valence-corrected chi connectivity index (χ3v) is 2.44. The van der Waals surface area contributed by atoms with Crippen molar-refractivity contribution in [1.29, 1.82) is 0 Å². The van der Waals surface area contributed by atoms with Crippen LogP contribution in [0.5, 0.6) is 5.75 Å². The van der Waals surface area contributed by atoms with Crippen molar-refractivity contribution in [2.24, 2.45) is 0 Å². The first-order valence-electron chi connectivity index (χ1n) is 4.43. The Bertz CT molecular complexity index is 417. The van der Waals surface area contributed by atoms with E-state index in [2.05, 4.69) is 30.3 Å². The average molecular weight is 169 g/mol. The molecule has 0 amide bonds. The Hall–Kier alpha value is -1.50. The highest BCUT2D eigenvalue weighted by molar-refractivity contribution is 5.85. The Morgan fingerprint density at radius 2 is 1.77 bits per heavy atom. The van der Waals surface area contributed by atoms with E-state index >= 15 is 0 Å². The Labute approximate surface area is 77.0 Å². The van der Waals surface area contributed by atoms with Crippen molar-refractivity contribution >= 4 is 10.8 Å². The van der Waals surface area contributed by atoms with Crippen LogP contribution in [0.25, 0.3) is 10.8 Å². The second kappa shape index (κ2) is 2.49. The van der Waals surface area contributed by atoms with Gasteiger partial charge in [0.15, 0.2) is 0 Å². The SMILES string of the molecule is [CH]1Cc2cc3ccccc3cc2O1. The van der Waals surface area contributed by atoms with Crippen molar-refractivity contribution in [2.45, 2.75) is 6.42 Å². The van der Waals surface area contributed by atoms with Gasteiger partial charge in [0.05, 0.1) is 0 Å². The van der Waals surface area contributed by atoms with Gasteiger partial charge in [-0.15, -0.1) is 0 Å². The van der Waals surface area contributed by atoms with E-state index in [1.54, 1.807) is 0 Å². The molecule has 1 aliphatic rings. The van der Waals surface area contributed by atoms with Crippen LogP contribution >= 0.6 is 0 Å². The molecule has 0 saturated heterocycles. The Morgan fingerprint density at radius 3 is 2.62 bits per heavy atom. The lowest BCUT2D eigenvalue weighted by Crippen LogP contribution is -1.78. The van der Waals surface area contributed by atoms with E-state index in [9.17, 15) is 0 Å². The van der Waals surface area contributed by atoms with Crippen LogP contribution in [0, 0.1) is 6.61 Å². The van der Waals surface area contributed by atoms with E-state index in [1.807, 2.05) is 12.7 Å². The van der Waals surface area contributed by atoms with Gasteiger partial charge in [-0.25, -0.2) is 0 Å². The van der Waals surface area contributed by atoms with Crippen LogP contribution in [0.4, 0.5) is 0 Å². The third-order valence-electron chi connectivity index (χ3n) is 2.44. The predicted octanol–water partition coefficient (Wildman–Crippen LogP) is 2.94. The normalized spacial score (nSPS) is 14.2. The first kappa shape index (κ1) is 6.96. The maximum atomic E-state index is 5.38. The molecular weight excluding hydrogens is 160 g/mol. The van der Waals surface area contributed by atoms with Gasteiger partial charge in [-0.1, -0.05) is 24.3 Å². The molecule has 0 bridgehead atoms. The minimum atomic E-state index is 0.931. The largest absolute Gasteiger partial charge is 0.486 e. The molecule has 1 heteroatoms. The van der Waals surface area contributed by atoms with E-state index in [0.29, 0.717) is 0 Å². The van der Waals surface area contributed by atoms with E-state index in [1.165, 1.54) is 16.3 Å². The number of fused-ring (bicyclic) bond motifs is 2. The summed E-state index contributed by atoms with van der Waals surface area (Å²) in [5, 5.41) is 2.54. The van der Waals surface area contributed by atoms with Crippen molar-refractivity contribution in [3.05, 3.63) is 48.6 Å². The molecular formula is C12H9O. The summed E-state index contributed by atoms with van der Waals surface area (Å²) < 4.78 is 5.38. The monoisotopic (exact) mass is 169 g/mol. The molecule has 2 aromatic carbocycles. The molecule has 3 rings (SSSR count). The van der Waals surface area contributed by atoms with Crippen LogP contribution in [-0.2, 0) is 6.42 Å². The van der Waals surface area contributed by atoms with E-state index < -0.39 is 0 Å².